The average Bonchev–Trinajstić information content (AvgIpc) is 3.31. The van der Waals surface area contributed by atoms with Crippen molar-refractivity contribution in [2.45, 2.75) is 97.4 Å². The van der Waals surface area contributed by atoms with Crippen molar-refractivity contribution in [2.24, 2.45) is 0 Å². The Hall–Kier alpha value is -6.80. The van der Waals surface area contributed by atoms with Crippen LogP contribution in [0.2, 0.25) is 0 Å². The first-order valence-electron chi connectivity index (χ1n) is 21.8. The first kappa shape index (κ1) is 45.7. The molecule has 0 bridgehead atoms. The molecule has 0 heterocycles. The van der Waals surface area contributed by atoms with Crippen LogP contribution >= 0.6 is 0 Å². The van der Waals surface area contributed by atoms with Crippen molar-refractivity contribution in [1.29, 1.82) is 0 Å². The summed E-state index contributed by atoms with van der Waals surface area (Å²) >= 11 is 0. The van der Waals surface area contributed by atoms with Gasteiger partial charge in [0, 0.05) is 27.8 Å². The molecule has 0 saturated carbocycles. The molecule has 0 aliphatic heterocycles. The van der Waals surface area contributed by atoms with E-state index in [1.165, 1.54) is 5.56 Å². The fourth-order valence-electron chi connectivity index (χ4n) is 7.56. The first-order chi connectivity index (χ1) is 30.2. The monoisotopic (exact) mass is 842 g/mol. The highest BCUT2D eigenvalue weighted by Gasteiger charge is 2.26. The van der Waals surface area contributed by atoms with Crippen LogP contribution in [0.1, 0.15) is 139 Å². The molecular formula is C55H58N2O6. The Labute approximate surface area is 372 Å². The van der Waals surface area contributed by atoms with E-state index in [9.17, 15) is 19.2 Å². The van der Waals surface area contributed by atoms with Crippen molar-refractivity contribution in [1.82, 2.24) is 5.32 Å². The van der Waals surface area contributed by atoms with Crippen molar-refractivity contribution in [2.75, 3.05) is 5.32 Å². The van der Waals surface area contributed by atoms with E-state index < -0.39 is 11.4 Å². The summed E-state index contributed by atoms with van der Waals surface area (Å²) in [6.45, 7) is 17.1. The van der Waals surface area contributed by atoms with Crippen LogP contribution in [0.15, 0.2) is 133 Å². The molecule has 2 amide bonds. The predicted octanol–water partition coefficient (Wildman–Crippen LogP) is 13.5. The van der Waals surface area contributed by atoms with E-state index in [1.807, 2.05) is 45.0 Å². The van der Waals surface area contributed by atoms with E-state index in [1.54, 1.807) is 60.7 Å². The summed E-state index contributed by atoms with van der Waals surface area (Å²) in [6.07, 6.45) is 4.92. The third-order valence-corrected chi connectivity index (χ3v) is 13.0. The standard InChI is InChI=1S/C55H58N2O6/c1-9-54(7,10-2)43-20-28-47(29-21-43)62-45-24-16-41(17-25-45)53(5,6)42-18-26-46(27-19-42)63-48-30-22-44(23-31-48)56-51(60)49-32-15-37(33-40(49)36-59)38-13-14-39(35-58)50(34-38)52(61)57-55(8,11-3)12-4/h13-36H,9-12H2,1-8H3,(H,56,60)(H,57,61). The second-order valence-corrected chi connectivity index (χ2v) is 17.2. The van der Waals surface area contributed by atoms with Gasteiger partial charge in [-0.2, -0.15) is 0 Å². The Morgan fingerprint density at radius 3 is 1.40 bits per heavy atom. The molecule has 63 heavy (non-hydrogen) atoms. The summed E-state index contributed by atoms with van der Waals surface area (Å²) in [5, 5.41) is 5.92. The first-order valence-corrected chi connectivity index (χ1v) is 21.8. The van der Waals surface area contributed by atoms with Crippen LogP contribution in [0.25, 0.3) is 11.1 Å². The maximum Gasteiger partial charge on any atom is 0.256 e. The quantitative estimate of drug-likeness (QED) is 0.0834. The van der Waals surface area contributed by atoms with Gasteiger partial charge < -0.3 is 20.1 Å². The average molecular weight is 843 g/mol. The van der Waals surface area contributed by atoms with Crippen molar-refractivity contribution in [3.05, 3.63) is 172 Å². The number of hydrogen-bond acceptors (Lipinski definition) is 6. The van der Waals surface area contributed by atoms with Gasteiger partial charge in [-0.25, -0.2) is 0 Å². The molecular weight excluding hydrogens is 785 g/mol. The molecule has 0 spiro atoms. The van der Waals surface area contributed by atoms with Crippen LogP contribution in [-0.4, -0.2) is 29.9 Å². The fourth-order valence-corrected chi connectivity index (χ4v) is 7.56. The number of rotatable bonds is 18. The van der Waals surface area contributed by atoms with Gasteiger partial charge in [-0.1, -0.05) is 103 Å². The number of ether oxygens (including phenoxy) is 2. The molecule has 0 radical (unpaired) electrons. The van der Waals surface area contributed by atoms with E-state index in [0.717, 1.165) is 48.3 Å². The van der Waals surface area contributed by atoms with Gasteiger partial charge in [0.1, 0.15) is 23.0 Å². The second kappa shape index (κ2) is 19.5. The summed E-state index contributed by atoms with van der Waals surface area (Å²) in [6, 6.07) is 41.6. The minimum absolute atomic E-state index is 0.170. The molecule has 0 atom stereocenters. The second-order valence-electron chi connectivity index (χ2n) is 17.2. The van der Waals surface area contributed by atoms with E-state index in [-0.39, 0.29) is 39.0 Å². The summed E-state index contributed by atoms with van der Waals surface area (Å²) in [5.74, 6) is 2.07. The number of benzene rings is 6. The maximum absolute atomic E-state index is 13.4. The van der Waals surface area contributed by atoms with E-state index in [0.29, 0.717) is 40.9 Å². The maximum atomic E-state index is 13.4. The number of carbonyl (C=O) groups excluding carboxylic acids is 4. The highest BCUT2D eigenvalue weighted by molar-refractivity contribution is 6.09. The fraction of sp³-hybridized carbons (Fsp3) is 0.273. The lowest BCUT2D eigenvalue weighted by Gasteiger charge is -2.28. The van der Waals surface area contributed by atoms with Crippen molar-refractivity contribution in [3.8, 4) is 34.1 Å². The topological polar surface area (TPSA) is 111 Å². The predicted molar refractivity (Wildman–Crippen MR) is 253 cm³/mol. The van der Waals surface area contributed by atoms with Crippen LogP contribution in [0.5, 0.6) is 23.0 Å². The number of aldehydes is 2. The normalized spacial score (nSPS) is 11.7. The van der Waals surface area contributed by atoms with Crippen molar-refractivity contribution >= 4 is 30.1 Å². The van der Waals surface area contributed by atoms with Crippen LogP contribution in [-0.2, 0) is 10.8 Å². The lowest BCUT2D eigenvalue weighted by atomic mass is 9.78. The van der Waals surface area contributed by atoms with Gasteiger partial charge in [-0.05, 0) is 145 Å². The number of anilines is 1. The molecule has 0 saturated heterocycles. The summed E-state index contributed by atoms with van der Waals surface area (Å²) in [7, 11) is 0. The molecule has 0 fully saturated rings. The van der Waals surface area contributed by atoms with E-state index in [4.69, 9.17) is 9.47 Å². The van der Waals surface area contributed by atoms with E-state index in [2.05, 4.69) is 93.8 Å². The highest BCUT2D eigenvalue weighted by Crippen LogP contribution is 2.36. The number of hydrogen-bond donors (Lipinski definition) is 2. The van der Waals surface area contributed by atoms with Crippen molar-refractivity contribution < 1.29 is 28.7 Å². The SMILES string of the molecule is CCC(C)(CC)NC(=O)c1cc(-c2ccc(C(=O)Nc3ccc(Oc4ccc(C(C)(C)c5ccc(Oc6ccc(C(C)(CC)CC)cc6)cc5)cc4)cc3)c(C=O)c2)ccc1C=O. The molecule has 2 N–H and O–H groups in total. The lowest BCUT2D eigenvalue weighted by molar-refractivity contribution is 0.0896. The molecule has 0 aliphatic carbocycles. The number of amides is 2. The third-order valence-electron chi connectivity index (χ3n) is 13.0. The zero-order valence-electron chi connectivity index (χ0n) is 37.6. The highest BCUT2D eigenvalue weighted by atomic mass is 16.5. The van der Waals surface area contributed by atoms with Gasteiger partial charge in [0.05, 0.1) is 11.1 Å². The number of carbonyl (C=O) groups is 4. The number of nitrogens with one attached hydrogen (secondary N) is 2. The minimum Gasteiger partial charge on any atom is -0.457 e. The van der Waals surface area contributed by atoms with Crippen LogP contribution in [0.4, 0.5) is 5.69 Å². The molecule has 8 nitrogen and oxygen atoms in total. The molecule has 6 rings (SSSR count). The molecule has 324 valence electrons. The Morgan fingerprint density at radius 2 is 0.937 bits per heavy atom. The molecule has 6 aromatic rings. The molecule has 8 heteroatoms. The Balaban J connectivity index is 1.06. The summed E-state index contributed by atoms with van der Waals surface area (Å²) in [5.41, 5.74) is 5.75. The van der Waals surface area contributed by atoms with Crippen LogP contribution in [0.3, 0.4) is 0 Å². The summed E-state index contributed by atoms with van der Waals surface area (Å²) < 4.78 is 12.3. The van der Waals surface area contributed by atoms with Crippen molar-refractivity contribution in [3.63, 3.8) is 0 Å². The molecule has 6 aromatic carbocycles. The smallest absolute Gasteiger partial charge is 0.256 e. The Bertz CT molecular complexity index is 2550. The Morgan fingerprint density at radius 1 is 0.492 bits per heavy atom. The van der Waals surface area contributed by atoms with Gasteiger partial charge >= 0.3 is 0 Å². The minimum atomic E-state index is -0.454. The lowest BCUT2D eigenvalue weighted by Crippen LogP contribution is -2.45. The zero-order chi connectivity index (χ0) is 45.4. The molecule has 0 aliphatic rings. The largest absolute Gasteiger partial charge is 0.457 e. The third kappa shape index (κ3) is 10.5. The van der Waals surface area contributed by atoms with Gasteiger partial charge in [-0.15, -0.1) is 0 Å². The summed E-state index contributed by atoms with van der Waals surface area (Å²) in [4.78, 5) is 50.7. The van der Waals surface area contributed by atoms with Crippen LogP contribution in [0, 0.1) is 0 Å². The molecule has 0 unspecified atom stereocenters. The Kier molecular flexibility index (Phi) is 14.1. The van der Waals surface area contributed by atoms with Crippen LogP contribution < -0.4 is 20.1 Å². The molecule has 0 aromatic heterocycles. The van der Waals surface area contributed by atoms with Gasteiger partial charge in [0.25, 0.3) is 11.8 Å². The van der Waals surface area contributed by atoms with E-state index >= 15 is 0 Å². The zero-order valence-corrected chi connectivity index (χ0v) is 37.6. The van der Waals surface area contributed by atoms with Gasteiger partial charge in [0.2, 0.25) is 0 Å². The van der Waals surface area contributed by atoms with Gasteiger partial charge in [0.15, 0.2) is 12.6 Å². The van der Waals surface area contributed by atoms with Gasteiger partial charge in [-0.3, -0.25) is 19.2 Å².